The van der Waals surface area contributed by atoms with Crippen molar-refractivity contribution in [3.05, 3.63) is 35.9 Å². The first-order chi connectivity index (χ1) is 10.1. The molecule has 0 saturated heterocycles. The number of carboxylic acid groups (broad SMARTS) is 1. The fourth-order valence-electron chi connectivity index (χ4n) is 2.88. The molecule has 114 valence electrons. The molecule has 3 unspecified atom stereocenters. The molecular formula is C16H21NO4. The maximum atomic E-state index is 12.4. The highest BCUT2D eigenvalue weighted by Gasteiger charge is 2.33. The van der Waals surface area contributed by atoms with E-state index in [1.807, 2.05) is 30.3 Å². The zero-order valence-electron chi connectivity index (χ0n) is 12.1. The van der Waals surface area contributed by atoms with E-state index in [0.29, 0.717) is 12.8 Å². The molecule has 0 bridgehead atoms. The minimum absolute atomic E-state index is 0.276. The second kappa shape index (κ2) is 7.22. The van der Waals surface area contributed by atoms with Gasteiger partial charge in [0.15, 0.2) is 6.10 Å². The van der Waals surface area contributed by atoms with Crippen molar-refractivity contribution in [1.82, 2.24) is 5.32 Å². The fourth-order valence-corrected chi connectivity index (χ4v) is 2.88. The van der Waals surface area contributed by atoms with Gasteiger partial charge in [-0.05, 0) is 18.4 Å². The lowest BCUT2D eigenvalue weighted by Gasteiger charge is -2.30. The van der Waals surface area contributed by atoms with Crippen molar-refractivity contribution in [2.24, 2.45) is 5.92 Å². The molecule has 0 heterocycles. The summed E-state index contributed by atoms with van der Waals surface area (Å²) in [6.45, 7) is 0. The number of carbonyl (C=O) groups excluding carboxylic acids is 1. The van der Waals surface area contributed by atoms with Crippen LogP contribution in [0.3, 0.4) is 0 Å². The number of amides is 1. The van der Waals surface area contributed by atoms with Crippen LogP contribution >= 0.6 is 0 Å². The smallest absolute Gasteiger partial charge is 0.308 e. The van der Waals surface area contributed by atoms with Crippen LogP contribution in [0.25, 0.3) is 0 Å². The van der Waals surface area contributed by atoms with E-state index in [2.05, 4.69) is 5.32 Å². The van der Waals surface area contributed by atoms with Crippen LogP contribution in [0.15, 0.2) is 30.3 Å². The second-order valence-corrected chi connectivity index (χ2v) is 5.37. The first-order valence-corrected chi connectivity index (χ1v) is 7.24. The molecule has 1 aromatic rings. The summed E-state index contributed by atoms with van der Waals surface area (Å²) in [7, 11) is 1.48. The number of hydrogen-bond acceptors (Lipinski definition) is 3. The van der Waals surface area contributed by atoms with Crippen molar-refractivity contribution < 1.29 is 19.4 Å². The average Bonchev–Trinajstić information content (AvgIpc) is 2.49. The Morgan fingerprint density at radius 3 is 2.52 bits per heavy atom. The molecule has 1 aliphatic rings. The van der Waals surface area contributed by atoms with E-state index in [0.717, 1.165) is 18.4 Å². The first-order valence-electron chi connectivity index (χ1n) is 7.24. The van der Waals surface area contributed by atoms with Crippen molar-refractivity contribution in [2.45, 2.75) is 37.8 Å². The minimum atomic E-state index is -0.839. The SMILES string of the molecule is COC(C(=O)NC1CCCCC1C(=O)O)c1ccccc1. The minimum Gasteiger partial charge on any atom is -0.481 e. The summed E-state index contributed by atoms with van der Waals surface area (Å²) in [6, 6.07) is 8.89. The second-order valence-electron chi connectivity index (χ2n) is 5.37. The molecule has 21 heavy (non-hydrogen) atoms. The highest BCUT2D eigenvalue weighted by Crippen LogP contribution is 2.26. The molecule has 5 nitrogen and oxygen atoms in total. The van der Waals surface area contributed by atoms with Gasteiger partial charge in [-0.2, -0.15) is 0 Å². The van der Waals surface area contributed by atoms with Gasteiger partial charge < -0.3 is 15.2 Å². The molecule has 5 heteroatoms. The first kappa shape index (κ1) is 15.5. The van der Waals surface area contributed by atoms with Crippen LogP contribution in [0.5, 0.6) is 0 Å². The zero-order valence-corrected chi connectivity index (χ0v) is 12.1. The summed E-state index contributed by atoms with van der Waals surface area (Å²) in [4.78, 5) is 23.7. The van der Waals surface area contributed by atoms with Crippen molar-refractivity contribution >= 4 is 11.9 Å². The van der Waals surface area contributed by atoms with Crippen LogP contribution in [0.2, 0.25) is 0 Å². The molecule has 2 N–H and O–H groups in total. The number of hydrogen-bond donors (Lipinski definition) is 2. The normalized spacial score (nSPS) is 23.3. The summed E-state index contributed by atoms with van der Waals surface area (Å²) in [5.74, 6) is -1.62. The highest BCUT2D eigenvalue weighted by molar-refractivity contribution is 5.83. The lowest BCUT2D eigenvalue weighted by atomic mass is 9.84. The van der Waals surface area contributed by atoms with E-state index in [9.17, 15) is 14.7 Å². The van der Waals surface area contributed by atoms with Gasteiger partial charge >= 0.3 is 5.97 Å². The lowest BCUT2D eigenvalue weighted by molar-refractivity contribution is -0.144. The molecule has 0 aliphatic heterocycles. The van der Waals surface area contributed by atoms with E-state index in [1.165, 1.54) is 7.11 Å². The quantitative estimate of drug-likeness (QED) is 0.871. The molecule has 0 radical (unpaired) electrons. The topological polar surface area (TPSA) is 75.6 Å². The maximum Gasteiger partial charge on any atom is 0.308 e. The van der Waals surface area contributed by atoms with E-state index in [-0.39, 0.29) is 11.9 Å². The molecule has 0 aromatic heterocycles. The number of carbonyl (C=O) groups is 2. The lowest BCUT2D eigenvalue weighted by Crippen LogP contribution is -2.46. The third-order valence-electron chi connectivity index (χ3n) is 3.99. The van der Waals surface area contributed by atoms with Crippen LogP contribution < -0.4 is 5.32 Å². The standard InChI is InChI=1S/C16H21NO4/c1-21-14(11-7-3-2-4-8-11)15(18)17-13-10-6-5-9-12(13)16(19)20/h2-4,7-8,12-14H,5-6,9-10H2,1H3,(H,17,18)(H,19,20). The number of carboxylic acids is 1. The largest absolute Gasteiger partial charge is 0.481 e. The van der Waals surface area contributed by atoms with E-state index >= 15 is 0 Å². The predicted octanol–water partition coefficient (Wildman–Crippen LogP) is 2.13. The van der Waals surface area contributed by atoms with Crippen LogP contribution in [-0.2, 0) is 14.3 Å². The van der Waals surface area contributed by atoms with Gasteiger partial charge in [-0.25, -0.2) is 0 Å². The predicted molar refractivity (Wildman–Crippen MR) is 77.7 cm³/mol. The number of methoxy groups -OCH3 is 1. The Balaban J connectivity index is 2.06. The number of aliphatic carboxylic acids is 1. The van der Waals surface area contributed by atoms with Gasteiger partial charge in [-0.3, -0.25) is 9.59 Å². The maximum absolute atomic E-state index is 12.4. The van der Waals surface area contributed by atoms with E-state index in [4.69, 9.17) is 4.74 Å². The number of rotatable bonds is 5. The van der Waals surface area contributed by atoms with Gasteiger partial charge in [0.25, 0.3) is 5.91 Å². The number of benzene rings is 1. The summed E-state index contributed by atoms with van der Waals surface area (Å²) >= 11 is 0. The van der Waals surface area contributed by atoms with Crippen molar-refractivity contribution in [1.29, 1.82) is 0 Å². The van der Waals surface area contributed by atoms with Crippen molar-refractivity contribution in [3.63, 3.8) is 0 Å². The molecule has 3 atom stereocenters. The molecule has 0 spiro atoms. The molecule has 2 rings (SSSR count). The van der Waals surface area contributed by atoms with Gasteiger partial charge in [0.05, 0.1) is 5.92 Å². The summed E-state index contributed by atoms with van der Waals surface area (Å²) in [6.07, 6.45) is 2.45. The molecule has 1 aromatic carbocycles. The summed E-state index contributed by atoms with van der Waals surface area (Å²) in [5, 5.41) is 12.1. The Morgan fingerprint density at radius 1 is 1.24 bits per heavy atom. The molecule has 1 amide bonds. The summed E-state index contributed by atoms with van der Waals surface area (Å²) in [5.41, 5.74) is 0.764. The Morgan fingerprint density at radius 2 is 1.90 bits per heavy atom. The van der Waals surface area contributed by atoms with Gasteiger partial charge in [0.1, 0.15) is 0 Å². The van der Waals surface area contributed by atoms with Gasteiger partial charge in [0.2, 0.25) is 0 Å². The number of nitrogens with one attached hydrogen (secondary N) is 1. The fraction of sp³-hybridized carbons (Fsp3) is 0.500. The highest BCUT2D eigenvalue weighted by atomic mass is 16.5. The number of ether oxygens (including phenoxy) is 1. The van der Waals surface area contributed by atoms with Gasteiger partial charge in [0, 0.05) is 13.2 Å². The van der Waals surface area contributed by atoms with Crippen LogP contribution in [0.4, 0.5) is 0 Å². The van der Waals surface area contributed by atoms with Gasteiger partial charge in [-0.1, -0.05) is 43.2 Å². The Bertz CT molecular complexity index is 488. The molecular weight excluding hydrogens is 270 g/mol. The zero-order chi connectivity index (χ0) is 15.2. The van der Waals surface area contributed by atoms with Gasteiger partial charge in [-0.15, -0.1) is 0 Å². The van der Waals surface area contributed by atoms with Crippen molar-refractivity contribution in [3.8, 4) is 0 Å². The van der Waals surface area contributed by atoms with E-state index in [1.54, 1.807) is 0 Å². The third kappa shape index (κ3) is 3.82. The monoisotopic (exact) mass is 291 g/mol. The van der Waals surface area contributed by atoms with Crippen LogP contribution in [0.1, 0.15) is 37.4 Å². The Kier molecular flexibility index (Phi) is 5.33. The molecule has 1 fully saturated rings. The Hall–Kier alpha value is -1.88. The van der Waals surface area contributed by atoms with E-state index < -0.39 is 18.0 Å². The van der Waals surface area contributed by atoms with Crippen LogP contribution in [-0.4, -0.2) is 30.1 Å². The summed E-state index contributed by atoms with van der Waals surface area (Å²) < 4.78 is 5.28. The Labute approximate surface area is 124 Å². The van der Waals surface area contributed by atoms with Crippen molar-refractivity contribution in [2.75, 3.05) is 7.11 Å². The molecule has 1 saturated carbocycles. The third-order valence-corrected chi connectivity index (χ3v) is 3.99. The van der Waals surface area contributed by atoms with Crippen LogP contribution in [0, 0.1) is 5.92 Å². The average molecular weight is 291 g/mol. The molecule has 1 aliphatic carbocycles.